The summed E-state index contributed by atoms with van der Waals surface area (Å²) < 4.78 is 22.9. The van der Waals surface area contributed by atoms with Gasteiger partial charge in [-0.3, -0.25) is 14.2 Å². The van der Waals surface area contributed by atoms with Crippen LogP contribution in [0.25, 0.3) is 5.69 Å². The zero-order chi connectivity index (χ0) is 48.6. The first kappa shape index (κ1) is 52.7. The number of ether oxygens (including phenoxy) is 1. The first-order chi connectivity index (χ1) is 33.7. The number of halogens is 3. The van der Waals surface area contributed by atoms with E-state index in [4.69, 9.17) is 27.9 Å². The predicted molar refractivity (Wildman–Crippen MR) is 277 cm³/mol. The molecule has 2 N–H and O–H groups in total. The molecule has 362 valence electrons. The van der Waals surface area contributed by atoms with E-state index in [1.54, 1.807) is 24.9 Å². The van der Waals surface area contributed by atoms with Crippen LogP contribution in [0.2, 0.25) is 10.0 Å². The summed E-state index contributed by atoms with van der Waals surface area (Å²) in [6.07, 6.45) is 7.64. The number of methoxy groups -OCH3 is 1. The largest absolute Gasteiger partial charge is 0.497 e. The number of nitrogens with zero attached hydrogens (tertiary/aromatic N) is 6. The summed E-state index contributed by atoms with van der Waals surface area (Å²) in [6, 6.07) is 40.5. The standard InChI is InChI=1S/C30H32ClFN4O2S.C23H27ClN4OS/c1-38-26-15-11-23(12-16-26)20-33-29(37)10-6-5-9-28-34-35-30(36(28)18-17-22-7-3-2-4-8-22)39-21-24-13-14-25(32)19-27(24)31;1-2-15-25-22(29)14-7-6-13-21-26-27-23(28(21)20-11-4-3-5-12-20)30-17-18-9-8-10-19(24)16-18/h2-4,7-8,11-16,19H,5-6,9-10,17-18,20-21H2,1H3,(H,33,37);3-5,8-12,16H,2,6-7,13-15,17H2,1H3,(H,25,29). The molecule has 0 radical (unpaired) electrons. The van der Waals surface area contributed by atoms with Gasteiger partial charge >= 0.3 is 0 Å². The summed E-state index contributed by atoms with van der Waals surface area (Å²) >= 11 is 15.5. The fourth-order valence-electron chi connectivity index (χ4n) is 7.19. The fraction of sp³-hybridized carbons (Fsp3) is 0.321. The molecular weight excluding hydrogens is 951 g/mol. The Morgan fingerprint density at radius 1 is 0.652 bits per heavy atom. The first-order valence-electron chi connectivity index (χ1n) is 23.2. The SMILES string of the molecule is CCCNC(=O)CCCCc1nnc(SCc2cccc(Cl)c2)n1-c1ccccc1.COc1ccc(CNC(=O)CCCCc2nnc(SCc3ccc(F)cc3Cl)n2CCc2ccccc2)cc1. The van der Waals surface area contributed by atoms with Gasteiger partial charge in [0.2, 0.25) is 11.8 Å². The van der Waals surface area contributed by atoms with E-state index < -0.39 is 0 Å². The second-order valence-electron chi connectivity index (χ2n) is 16.2. The quantitative estimate of drug-likeness (QED) is 0.0425. The molecule has 16 heteroatoms. The van der Waals surface area contributed by atoms with E-state index in [0.29, 0.717) is 30.2 Å². The highest BCUT2D eigenvalue weighted by Gasteiger charge is 2.17. The van der Waals surface area contributed by atoms with Gasteiger partial charge in [-0.1, -0.05) is 133 Å². The van der Waals surface area contributed by atoms with Gasteiger partial charge in [0.25, 0.3) is 0 Å². The Morgan fingerprint density at radius 2 is 1.30 bits per heavy atom. The van der Waals surface area contributed by atoms with Crippen LogP contribution in [-0.4, -0.2) is 55.0 Å². The van der Waals surface area contributed by atoms with Crippen LogP contribution in [0.1, 0.15) is 85.8 Å². The molecule has 0 unspecified atom stereocenters. The van der Waals surface area contributed by atoms with E-state index in [-0.39, 0.29) is 17.6 Å². The van der Waals surface area contributed by atoms with Gasteiger partial charge < -0.3 is 19.9 Å². The molecule has 5 aromatic carbocycles. The van der Waals surface area contributed by atoms with Gasteiger partial charge in [0.05, 0.1) is 7.11 Å². The second kappa shape index (κ2) is 28.7. The van der Waals surface area contributed by atoms with Gasteiger partial charge in [0.1, 0.15) is 23.2 Å². The van der Waals surface area contributed by atoms with Crippen LogP contribution in [0.4, 0.5) is 4.39 Å². The summed E-state index contributed by atoms with van der Waals surface area (Å²) in [6.45, 7) is 4.04. The van der Waals surface area contributed by atoms with E-state index in [9.17, 15) is 14.0 Å². The van der Waals surface area contributed by atoms with Gasteiger partial charge in [0, 0.05) is 72.6 Å². The fourth-order valence-corrected chi connectivity index (χ4v) is 9.62. The molecule has 7 aromatic rings. The molecule has 2 amide bonds. The Labute approximate surface area is 423 Å². The van der Waals surface area contributed by atoms with Gasteiger partial charge in [-0.15, -0.1) is 20.4 Å². The maximum atomic E-state index is 13.4. The number of hydrogen-bond acceptors (Lipinski definition) is 9. The number of para-hydroxylation sites is 1. The summed E-state index contributed by atoms with van der Waals surface area (Å²) in [4.78, 5) is 24.1. The van der Waals surface area contributed by atoms with E-state index in [2.05, 4.69) is 77.4 Å². The average molecular weight is 1010 g/mol. The van der Waals surface area contributed by atoms with Crippen LogP contribution >= 0.6 is 46.7 Å². The number of rotatable bonds is 25. The molecule has 2 aromatic heterocycles. The molecule has 0 aliphatic rings. The highest BCUT2D eigenvalue weighted by Crippen LogP contribution is 2.29. The molecule has 0 fully saturated rings. The molecule has 2 heterocycles. The van der Waals surface area contributed by atoms with E-state index in [1.807, 2.05) is 78.9 Å². The summed E-state index contributed by atoms with van der Waals surface area (Å²) in [5.41, 5.74) is 5.32. The number of nitrogens with one attached hydrogen (secondary N) is 2. The number of aromatic nitrogens is 6. The summed E-state index contributed by atoms with van der Waals surface area (Å²) in [5.74, 6) is 3.75. The van der Waals surface area contributed by atoms with Crippen molar-refractivity contribution >= 4 is 58.5 Å². The zero-order valence-electron chi connectivity index (χ0n) is 39.1. The first-order valence-corrected chi connectivity index (χ1v) is 26.0. The Bertz CT molecular complexity index is 2650. The van der Waals surface area contributed by atoms with Crippen molar-refractivity contribution in [3.63, 3.8) is 0 Å². The van der Waals surface area contributed by atoms with Crippen molar-refractivity contribution in [1.82, 2.24) is 40.2 Å². The molecule has 0 saturated carbocycles. The molecule has 7 rings (SSSR count). The van der Waals surface area contributed by atoms with Gasteiger partial charge in [-0.25, -0.2) is 4.39 Å². The molecule has 11 nitrogen and oxygen atoms in total. The van der Waals surface area contributed by atoms with Crippen molar-refractivity contribution in [1.29, 1.82) is 0 Å². The van der Waals surface area contributed by atoms with Gasteiger partial charge in [-0.2, -0.15) is 0 Å². The smallest absolute Gasteiger partial charge is 0.220 e. The number of carbonyl (C=O) groups excluding carboxylic acids is 2. The highest BCUT2D eigenvalue weighted by atomic mass is 35.5. The number of aryl methyl sites for hydroxylation is 3. The Hall–Kier alpha value is -5.67. The Balaban J connectivity index is 0.000000235. The Kier molecular flexibility index (Phi) is 21.9. The molecule has 0 atom stereocenters. The lowest BCUT2D eigenvalue weighted by Crippen LogP contribution is -2.23. The molecule has 69 heavy (non-hydrogen) atoms. The maximum absolute atomic E-state index is 13.4. The van der Waals surface area contributed by atoms with Crippen LogP contribution in [0.3, 0.4) is 0 Å². The normalized spacial score (nSPS) is 10.9. The van der Waals surface area contributed by atoms with Crippen LogP contribution in [0.15, 0.2) is 138 Å². The average Bonchev–Trinajstić information content (AvgIpc) is 3.97. The third-order valence-electron chi connectivity index (χ3n) is 10.9. The van der Waals surface area contributed by atoms with Crippen molar-refractivity contribution in [3.05, 3.63) is 177 Å². The number of carbonyl (C=O) groups is 2. The number of unbranched alkanes of at least 4 members (excludes halogenated alkanes) is 2. The molecular formula is C53H59Cl2FN8O3S2. The lowest BCUT2D eigenvalue weighted by Gasteiger charge is -2.11. The number of hydrogen-bond donors (Lipinski definition) is 2. The number of amides is 2. The highest BCUT2D eigenvalue weighted by molar-refractivity contribution is 7.98. The molecule has 0 bridgehead atoms. The number of thioether (sulfide) groups is 2. The van der Waals surface area contributed by atoms with Crippen molar-refractivity contribution in [2.75, 3.05) is 13.7 Å². The van der Waals surface area contributed by atoms with Crippen LogP contribution < -0.4 is 15.4 Å². The molecule has 0 aliphatic carbocycles. The van der Waals surface area contributed by atoms with Crippen molar-refractivity contribution < 1.29 is 18.7 Å². The van der Waals surface area contributed by atoms with Crippen molar-refractivity contribution in [2.24, 2.45) is 0 Å². The second-order valence-corrected chi connectivity index (χ2v) is 18.9. The lowest BCUT2D eigenvalue weighted by atomic mass is 10.1. The molecule has 0 saturated heterocycles. The summed E-state index contributed by atoms with van der Waals surface area (Å²) in [5, 5.41) is 26.5. The van der Waals surface area contributed by atoms with E-state index in [1.165, 1.54) is 29.5 Å². The Morgan fingerprint density at radius 3 is 2.00 bits per heavy atom. The lowest BCUT2D eigenvalue weighted by molar-refractivity contribution is -0.122. The summed E-state index contributed by atoms with van der Waals surface area (Å²) in [7, 11) is 1.63. The third kappa shape index (κ3) is 17.7. The molecule has 0 spiro atoms. The zero-order valence-corrected chi connectivity index (χ0v) is 42.2. The van der Waals surface area contributed by atoms with E-state index in [0.717, 1.165) is 125 Å². The molecule has 0 aliphatic heterocycles. The number of benzene rings is 5. The predicted octanol–water partition coefficient (Wildman–Crippen LogP) is 12.1. The monoisotopic (exact) mass is 1010 g/mol. The van der Waals surface area contributed by atoms with Crippen molar-refractivity contribution in [2.45, 2.75) is 106 Å². The van der Waals surface area contributed by atoms with Gasteiger partial charge in [0.15, 0.2) is 10.3 Å². The minimum Gasteiger partial charge on any atom is -0.497 e. The van der Waals surface area contributed by atoms with E-state index >= 15 is 0 Å². The maximum Gasteiger partial charge on any atom is 0.220 e. The minimum absolute atomic E-state index is 0.0313. The van der Waals surface area contributed by atoms with Gasteiger partial charge in [-0.05, 0) is 109 Å². The van der Waals surface area contributed by atoms with Crippen LogP contribution in [-0.2, 0) is 53.4 Å². The van der Waals surface area contributed by atoms with Crippen LogP contribution in [0, 0.1) is 5.82 Å². The van der Waals surface area contributed by atoms with Crippen molar-refractivity contribution in [3.8, 4) is 11.4 Å². The van der Waals surface area contributed by atoms with Crippen LogP contribution in [0.5, 0.6) is 5.75 Å². The topological polar surface area (TPSA) is 129 Å². The minimum atomic E-state index is -0.350. The third-order valence-corrected chi connectivity index (χ3v) is 13.5.